The Morgan fingerprint density at radius 1 is 1.43 bits per heavy atom. The van der Waals surface area contributed by atoms with Gasteiger partial charge >= 0.3 is 0 Å². The molecule has 0 aliphatic rings. The Hall–Kier alpha value is -0.280. The van der Waals surface area contributed by atoms with Crippen LogP contribution in [0.3, 0.4) is 0 Å². The highest BCUT2D eigenvalue weighted by Gasteiger charge is 2.10. The van der Waals surface area contributed by atoms with Gasteiger partial charge in [0.25, 0.3) is 0 Å². The number of halogens is 2. The van der Waals surface area contributed by atoms with E-state index < -0.39 is 0 Å². The fraction of sp³-hybridized carbons (Fsp3) is 0.200. The minimum Gasteiger partial charge on any atom is -0.392 e. The molecule has 1 aromatic carbocycles. The second-order valence-electron chi connectivity index (χ2n) is 2.95. The van der Waals surface area contributed by atoms with Crippen LogP contribution in [0.1, 0.15) is 11.1 Å². The quantitative estimate of drug-likeness (QED) is 0.800. The molecule has 1 N–H and O–H groups in total. The van der Waals surface area contributed by atoms with E-state index in [1.54, 1.807) is 11.3 Å². The van der Waals surface area contributed by atoms with Crippen LogP contribution in [0.2, 0.25) is 5.02 Å². The van der Waals surface area contributed by atoms with Gasteiger partial charge in [-0.2, -0.15) is 0 Å². The van der Waals surface area contributed by atoms with Crippen molar-refractivity contribution in [3.05, 3.63) is 33.7 Å². The number of aliphatic hydroxyl groups excluding tert-OH is 1. The van der Waals surface area contributed by atoms with E-state index in [0.29, 0.717) is 10.9 Å². The molecule has 0 bridgehead atoms. The van der Waals surface area contributed by atoms with Crippen LogP contribution in [0.4, 0.5) is 0 Å². The molecule has 0 saturated carbocycles. The highest BCUT2D eigenvalue weighted by atomic mass is 35.5. The van der Waals surface area contributed by atoms with Crippen molar-refractivity contribution < 1.29 is 5.11 Å². The van der Waals surface area contributed by atoms with Gasteiger partial charge in [-0.15, -0.1) is 22.9 Å². The molecule has 4 heteroatoms. The number of aliphatic hydroxyl groups is 1. The van der Waals surface area contributed by atoms with Gasteiger partial charge in [-0.1, -0.05) is 11.6 Å². The second-order valence-corrected chi connectivity index (χ2v) is 4.55. The maximum absolute atomic E-state index is 9.16. The molecule has 2 rings (SSSR count). The summed E-state index contributed by atoms with van der Waals surface area (Å²) in [7, 11) is 0. The highest BCUT2D eigenvalue weighted by Crippen LogP contribution is 2.34. The number of fused-ring (bicyclic) bond motifs is 1. The van der Waals surface area contributed by atoms with Crippen LogP contribution in [0, 0.1) is 0 Å². The van der Waals surface area contributed by atoms with Gasteiger partial charge in [0, 0.05) is 16.0 Å². The first-order valence-corrected chi connectivity index (χ1v) is 5.91. The average Bonchev–Trinajstić information content (AvgIpc) is 2.65. The van der Waals surface area contributed by atoms with Crippen molar-refractivity contribution in [3.63, 3.8) is 0 Å². The molecule has 1 aromatic heterocycles. The lowest BCUT2D eigenvalue weighted by molar-refractivity contribution is 0.281. The van der Waals surface area contributed by atoms with Gasteiger partial charge in [0.05, 0.1) is 11.6 Å². The van der Waals surface area contributed by atoms with E-state index >= 15 is 0 Å². The van der Waals surface area contributed by atoms with Crippen LogP contribution in [0.15, 0.2) is 17.5 Å². The van der Waals surface area contributed by atoms with Crippen LogP contribution in [0.25, 0.3) is 10.1 Å². The molecular formula is C10H8Cl2OS. The summed E-state index contributed by atoms with van der Waals surface area (Å²) in [6, 6.07) is 3.92. The Bertz CT molecular complexity index is 464. The first-order chi connectivity index (χ1) is 6.77. The smallest absolute Gasteiger partial charge is 0.0685 e. The third-order valence-corrected chi connectivity index (χ3v) is 3.76. The normalized spacial score (nSPS) is 11.1. The van der Waals surface area contributed by atoms with E-state index in [9.17, 15) is 0 Å². The van der Waals surface area contributed by atoms with Gasteiger partial charge in [-0.25, -0.2) is 0 Å². The first kappa shape index (κ1) is 10.2. The van der Waals surface area contributed by atoms with Crippen molar-refractivity contribution in [3.8, 4) is 0 Å². The molecule has 0 atom stereocenters. The molecule has 0 saturated heterocycles. The van der Waals surface area contributed by atoms with Crippen LogP contribution in [0.5, 0.6) is 0 Å². The minimum atomic E-state index is -0.0182. The van der Waals surface area contributed by atoms with Gasteiger partial charge in [-0.05, 0) is 28.6 Å². The Balaban J connectivity index is 2.79. The number of hydrogen-bond donors (Lipinski definition) is 1. The fourth-order valence-corrected chi connectivity index (χ4v) is 3.09. The van der Waals surface area contributed by atoms with Gasteiger partial charge in [0.15, 0.2) is 0 Å². The molecule has 0 aliphatic heterocycles. The van der Waals surface area contributed by atoms with Gasteiger partial charge in [0.2, 0.25) is 0 Å². The maximum atomic E-state index is 9.16. The Morgan fingerprint density at radius 2 is 2.21 bits per heavy atom. The van der Waals surface area contributed by atoms with Crippen molar-refractivity contribution in [1.82, 2.24) is 0 Å². The lowest BCUT2D eigenvalue weighted by Crippen LogP contribution is -1.92. The summed E-state index contributed by atoms with van der Waals surface area (Å²) >= 11 is 13.6. The average molecular weight is 247 g/mol. The molecule has 1 heterocycles. The number of rotatable bonds is 2. The molecule has 0 unspecified atom stereocenters. The van der Waals surface area contributed by atoms with Crippen molar-refractivity contribution >= 4 is 44.6 Å². The minimum absolute atomic E-state index is 0.0182. The second kappa shape index (κ2) is 4.07. The summed E-state index contributed by atoms with van der Waals surface area (Å²) in [6.07, 6.45) is 0. The molecule has 1 nitrogen and oxygen atoms in total. The molecule has 14 heavy (non-hydrogen) atoms. The number of hydrogen-bond acceptors (Lipinski definition) is 2. The third kappa shape index (κ3) is 1.52. The van der Waals surface area contributed by atoms with Crippen molar-refractivity contribution in [2.24, 2.45) is 0 Å². The molecule has 0 fully saturated rings. The summed E-state index contributed by atoms with van der Waals surface area (Å²) < 4.78 is 1.09. The predicted molar refractivity (Wildman–Crippen MR) is 62.3 cm³/mol. The van der Waals surface area contributed by atoms with Gasteiger partial charge in [0.1, 0.15) is 0 Å². The number of alkyl halides is 1. The standard InChI is InChI=1S/C10H8Cl2OS/c11-4-8-6(5-13)3-9-7(10(8)12)1-2-14-9/h1-3,13H,4-5H2. The Kier molecular flexibility index (Phi) is 2.98. The zero-order valence-corrected chi connectivity index (χ0v) is 9.59. The van der Waals surface area contributed by atoms with Crippen LogP contribution in [-0.2, 0) is 12.5 Å². The van der Waals surface area contributed by atoms with E-state index in [0.717, 1.165) is 21.2 Å². The highest BCUT2D eigenvalue weighted by molar-refractivity contribution is 7.17. The van der Waals surface area contributed by atoms with E-state index in [-0.39, 0.29) is 6.61 Å². The van der Waals surface area contributed by atoms with Crippen LogP contribution < -0.4 is 0 Å². The molecule has 0 radical (unpaired) electrons. The van der Waals surface area contributed by atoms with Crippen LogP contribution >= 0.6 is 34.5 Å². The summed E-state index contributed by atoms with van der Waals surface area (Å²) in [5, 5.41) is 12.8. The lowest BCUT2D eigenvalue weighted by Gasteiger charge is -2.07. The third-order valence-electron chi connectivity index (χ3n) is 2.19. The zero-order valence-electron chi connectivity index (χ0n) is 7.26. The Morgan fingerprint density at radius 3 is 2.86 bits per heavy atom. The maximum Gasteiger partial charge on any atom is 0.0685 e. The fourth-order valence-electron chi connectivity index (χ4n) is 1.45. The van der Waals surface area contributed by atoms with E-state index in [1.807, 2.05) is 17.5 Å². The van der Waals surface area contributed by atoms with Gasteiger partial charge < -0.3 is 5.11 Å². The van der Waals surface area contributed by atoms with E-state index in [4.69, 9.17) is 28.3 Å². The first-order valence-electron chi connectivity index (χ1n) is 4.12. The topological polar surface area (TPSA) is 20.2 Å². The van der Waals surface area contributed by atoms with Gasteiger partial charge in [-0.3, -0.25) is 0 Å². The number of benzene rings is 1. The molecule has 74 valence electrons. The SMILES string of the molecule is OCc1cc2sccc2c(Cl)c1CCl. The van der Waals surface area contributed by atoms with E-state index in [1.165, 1.54) is 0 Å². The molecule has 0 aliphatic carbocycles. The Labute approximate surface area is 95.9 Å². The molecule has 0 spiro atoms. The summed E-state index contributed by atoms with van der Waals surface area (Å²) in [4.78, 5) is 0. The predicted octanol–water partition coefficient (Wildman–Crippen LogP) is 3.79. The summed E-state index contributed by atoms with van der Waals surface area (Å²) in [5.74, 6) is 0.334. The molecule has 2 aromatic rings. The summed E-state index contributed by atoms with van der Waals surface area (Å²) in [6.45, 7) is -0.0182. The largest absolute Gasteiger partial charge is 0.392 e. The van der Waals surface area contributed by atoms with Crippen LogP contribution in [-0.4, -0.2) is 5.11 Å². The zero-order chi connectivity index (χ0) is 10.1. The lowest BCUT2D eigenvalue weighted by atomic mass is 10.1. The van der Waals surface area contributed by atoms with Crippen molar-refractivity contribution in [1.29, 1.82) is 0 Å². The summed E-state index contributed by atoms with van der Waals surface area (Å²) in [5.41, 5.74) is 1.65. The molecular weight excluding hydrogens is 239 g/mol. The van der Waals surface area contributed by atoms with Crippen molar-refractivity contribution in [2.45, 2.75) is 12.5 Å². The van der Waals surface area contributed by atoms with E-state index in [2.05, 4.69) is 0 Å². The molecule has 0 amide bonds. The van der Waals surface area contributed by atoms with Crippen molar-refractivity contribution in [2.75, 3.05) is 0 Å². The monoisotopic (exact) mass is 246 g/mol. The number of thiophene rings is 1.